The molecule has 5 heteroatoms. The first-order valence-electron chi connectivity index (χ1n) is 9.27. The molecule has 0 spiro atoms. The second-order valence-corrected chi connectivity index (χ2v) is 6.74. The Morgan fingerprint density at radius 2 is 1.85 bits per heavy atom. The lowest BCUT2D eigenvalue weighted by Gasteiger charge is -2.14. The molecule has 4 nitrogen and oxygen atoms in total. The summed E-state index contributed by atoms with van der Waals surface area (Å²) in [5.41, 5.74) is 4.99. The van der Waals surface area contributed by atoms with E-state index in [9.17, 15) is 4.39 Å². The summed E-state index contributed by atoms with van der Waals surface area (Å²) in [6, 6.07) is 12.6. The van der Waals surface area contributed by atoms with Crippen molar-refractivity contribution in [3.8, 4) is 22.4 Å². The van der Waals surface area contributed by atoms with Crippen LogP contribution in [0.3, 0.4) is 0 Å². The van der Waals surface area contributed by atoms with Gasteiger partial charge in [0.05, 0.1) is 11.8 Å². The molecule has 0 radical (unpaired) electrons. The number of aromatic nitrogens is 2. The summed E-state index contributed by atoms with van der Waals surface area (Å²) in [6.45, 7) is 2.38. The molecule has 0 amide bonds. The third-order valence-electron chi connectivity index (χ3n) is 4.81. The zero-order valence-corrected chi connectivity index (χ0v) is 15.1. The van der Waals surface area contributed by atoms with Crippen molar-refractivity contribution in [2.24, 2.45) is 0 Å². The highest BCUT2D eigenvalue weighted by Crippen LogP contribution is 2.27. The van der Waals surface area contributed by atoms with Crippen molar-refractivity contribution in [3.63, 3.8) is 0 Å². The van der Waals surface area contributed by atoms with Gasteiger partial charge in [-0.2, -0.15) is 0 Å². The molecule has 1 saturated heterocycles. The van der Waals surface area contributed by atoms with Gasteiger partial charge in [-0.25, -0.2) is 4.39 Å². The average Bonchev–Trinajstić information content (AvgIpc) is 3.23. The number of ether oxygens (including phenoxy) is 1. The standard InChI is InChI=1S/C22H22FN3O/c23-20-5-3-16(4-6-20)18-12-19(13-25-15-21-2-1-11-27-21)22(26-14-18)17-7-9-24-10-8-17/h3-10,12,14,21,25H,1-2,11,13,15H2. The summed E-state index contributed by atoms with van der Waals surface area (Å²) in [7, 11) is 0. The van der Waals surface area contributed by atoms with Gasteiger partial charge in [0.1, 0.15) is 5.82 Å². The molecular weight excluding hydrogens is 341 g/mol. The maximum Gasteiger partial charge on any atom is 0.123 e. The number of nitrogens with one attached hydrogen (secondary N) is 1. The van der Waals surface area contributed by atoms with E-state index in [-0.39, 0.29) is 5.82 Å². The maximum absolute atomic E-state index is 13.2. The molecule has 1 aromatic carbocycles. The number of hydrogen-bond acceptors (Lipinski definition) is 4. The molecule has 3 heterocycles. The van der Waals surface area contributed by atoms with Crippen molar-refractivity contribution in [1.82, 2.24) is 15.3 Å². The van der Waals surface area contributed by atoms with Crippen LogP contribution < -0.4 is 5.32 Å². The molecule has 1 N–H and O–H groups in total. The lowest BCUT2D eigenvalue weighted by molar-refractivity contribution is 0.110. The smallest absolute Gasteiger partial charge is 0.123 e. The van der Waals surface area contributed by atoms with Crippen molar-refractivity contribution in [3.05, 3.63) is 72.4 Å². The topological polar surface area (TPSA) is 47.0 Å². The molecule has 0 bridgehead atoms. The van der Waals surface area contributed by atoms with E-state index in [4.69, 9.17) is 9.72 Å². The fourth-order valence-electron chi connectivity index (χ4n) is 3.39. The highest BCUT2D eigenvalue weighted by Gasteiger charge is 2.15. The van der Waals surface area contributed by atoms with Crippen LogP contribution in [0.1, 0.15) is 18.4 Å². The van der Waals surface area contributed by atoms with Gasteiger partial charge in [0.2, 0.25) is 0 Å². The van der Waals surface area contributed by atoms with E-state index >= 15 is 0 Å². The van der Waals surface area contributed by atoms with Crippen LogP contribution in [0.4, 0.5) is 4.39 Å². The van der Waals surface area contributed by atoms with Crippen molar-refractivity contribution in [2.45, 2.75) is 25.5 Å². The van der Waals surface area contributed by atoms with Crippen molar-refractivity contribution >= 4 is 0 Å². The quantitative estimate of drug-likeness (QED) is 0.712. The largest absolute Gasteiger partial charge is 0.377 e. The molecule has 1 atom stereocenters. The van der Waals surface area contributed by atoms with Crippen molar-refractivity contribution in [1.29, 1.82) is 0 Å². The summed E-state index contributed by atoms with van der Waals surface area (Å²) < 4.78 is 18.9. The monoisotopic (exact) mass is 363 g/mol. The number of benzene rings is 1. The Morgan fingerprint density at radius 1 is 1.04 bits per heavy atom. The fourth-order valence-corrected chi connectivity index (χ4v) is 3.39. The number of rotatable bonds is 6. The van der Waals surface area contributed by atoms with Crippen LogP contribution in [0.2, 0.25) is 0 Å². The lowest BCUT2D eigenvalue weighted by atomic mass is 10.0. The van der Waals surface area contributed by atoms with E-state index < -0.39 is 0 Å². The minimum atomic E-state index is -0.237. The second kappa shape index (κ2) is 8.37. The second-order valence-electron chi connectivity index (χ2n) is 6.74. The summed E-state index contributed by atoms with van der Waals surface area (Å²) >= 11 is 0. The van der Waals surface area contributed by atoms with Gasteiger partial charge >= 0.3 is 0 Å². The van der Waals surface area contributed by atoms with Crippen LogP contribution in [0.5, 0.6) is 0 Å². The van der Waals surface area contributed by atoms with Crippen molar-refractivity contribution in [2.75, 3.05) is 13.2 Å². The molecule has 1 aliphatic rings. The molecule has 138 valence electrons. The Hall–Kier alpha value is -2.63. The van der Waals surface area contributed by atoms with Crippen LogP contribution in [0.15, 0.2) is 61.1 Å². The molecule has 1 aliphatic heterocycles. The van der Waals surface area contributed by atoms with Gasteiger partial charge in [0.15, 0.2) is 0 Å². The Labute approximate surface area is 158 Å². The van der Waals surface area contributed by atoms with Gasteiger partial charge in [0, 0.05) is 49.4 Å². The van der Waals surface area contributed by atoms with Gasteiger partial charge < -0.3 is 10.1 Å². The third kappa shape index (κ3) is 4.38. The van der Waals surface area contributed by atoms with Crippen LogP contribution in [-0.2, 0) is 11.3 Å². The van der Waals surface area contributed by atoms with Gasteiger partial charge in [0.25, 0.3) is 0 Å². The molecule has 4 rings (SSSR count). The molecule has 1 fully saturated rings. The summed E-state index contributed by atoms with van der Waals surface area (Å²) in [5, 5.41) is 3.50. The van der Waals surface area contributed by atoms with Gasteiger partial charge in [-0.15, -0.1) is 0 Å². The maximum atomic E-state index is 13.2. The van der Waals surface area contributed by atoms with Gasteiger partial charge in [-0.05, 0) is 54.3 Å². The molecule has 3 aromatic rings. The highest BCUT2D eigenvalue weighted by molar-refractivity contribution is 5.69. The van der Waals surface area contributed by atoms with Crippen LogP contribution in [0.25, 0.3) is 22.4 Å². The predicted molar refractivity (Wildman–Crippen MR) is 104 cm³/mol. The summed E-state index contributed by atoms with van der Waals surface area (Å²) in [4.78, 5) is 8.80. The van der Waals surface area contributed by atoms with E-state index in [0.29, 0.717) is 12.6 Å². The Morgan fingerprint density at radius 3 is 2.59 bits per heavy atom. The first-order chi connectivity index (χ1) is 13.3. The third-order valence-corrected chi connectivity index (χ3v) is 4.81. The van der Waals surface area contributed by atoms with Crippen LogP contribution in [-0.4, -0.2) is 29.2 Å². The molecule has 27 heavy (non-hydrogen) atoms. The Balaban J connectivity index is 1.61. The Kier molecular flexibility index (Phi) is 5.51. The SMILES string of the molecule is Fc1ccc(-c2cnc(-c3ccncc3)c(CNCC3CCCO3)c2)cc1. The molecule has 0 saturated carbocycles. The van der Waals surface area contributed by atoms with Crippen LogP contribution in [0, 0.1) is 5.82 Å². The van der Waals surface area contributed by atoms with Crippen molar-refractivity contribution < 1.29 is 9.13 Å². The lowest BCUT2D eigenvalue weighted by Crippen LogP contribution is -2.26. The first-order valence-corrected chi connectivity index (χ1v) is 9.27. The van der Waals surface area contributed by atoms with E-state index in [0.717, 1.165) is 53.9 Å². The molecule has 1 unspecified atom stereocenters. The summed E-state index contributed by atoms with van der Waals surface area (Å²) in [6.07, 6.45) is 7.92. The van der Waals surface area contributed by atoms with Gasteiger partial charge in [-0.1, -0.05) is 12.1 Å². The number of hydrogen-bond donors (Lipinski definition) is 1. The average molecular weight is 363 g/mol. The van der Waals surface area contributed by atoms with E-state index in [1.807, 2.05) is 18.3 Å². The molecule has 2 aromatic heterocycles. The minimum absolute atomic E-state index is 0.237. The fraction of sp³-hybridized carbons (Fsp3) is 0.273. The van der Waals surface area contributed by atoms with E-state index in [2.05, 4.69) is 16.4 Å². The highest BCUT2D eigenvalue weighted by atomic mass is 19.1. The van der Waals surface area contributed by atoms with E-state index in [1.165, 1.54) is 12.1 Å². The molecular formula is C22H22FN3O. The van der Waals surface area contributed by atoms with Crippen LogP contribution >= 0.6 is 0 Å². The Bertz CT molecular complexity index is 878. The minimum Gasteiger partial charge on any atom is -0.377 e. The normalized spacial score (nSPS) is 16.6. The predicted octanol–water partition coefficient (Wildman–Crippen LogP) is 4.22. The van der Waals surface area contributed by atoms with E-state index in [1.54, 1.807) is 24.5 Å². The zero-order chi connectivity index (χ0) is 18.5. The molecule has 0 aliphatic carbocycles. The number of halogens is 1. The number of nitrogens with zero attached hydrogens (tertiary/aromatic N) is 2. The first kappa shape index (κ1) is 17.8. The van der Waals surface area contributed by atoms with Gasteiger partial charge in [-0.3, -0.25) is 9.97 Å². The summed E-state index contributed by atoms with van der Waals surface area (Å²) in [5.74, 6) is -0.237. The number of pyridine rings is 2. The zero-order valence-electron chi connectivity index (χ0n) is 15.1.